The molecule has 0 saturated carbocycles. The van der Waals surface area contributed by atoms with Gasteiger partial charge in [0.15, 0.2) is 0 Å². The van der Waals surface area contributed by atoms with E-state index >= 15 is 0 Å². The quantitative estimate of drug-likeness (QED) is 0.578. The maximum Gasteiger partial charge on any atom is 0.240 e. The number of rotatable bonds is 5. The highest BCUT2D eigenvalue weighted by Crippen LogP contribution is 2.13. The number of nitrogens with one attached hydrogen (secondary N) is 2. The molecule has 0 atom stereocenters. The molecule has 0 heterocycles. The molecule has 0 unspecified atom stereocenters. The van der Waals surface area contributed by atoms with Crippen LogP contribution in [0.1, 0.15) is 5.56 Å². The van der Waals surface area contributed by atoms with Gasteiger partial charge in [-0.15, -0.1) is 0 Å². The van der Waals surface area contributed by atoms with Gasteiger partial charge in [-0.2, -0.15) is 0 Å². The number of nitrogens with two attached hydrogens (primary N) is 1. The molecule has 0 amide bonds. The normalized spacial score (nSPS) is 11.3. The number of hydrazine groups is 1. The minimum atomic E-state index is -3.61. The summed E-state index contributed by atoms with van der Waals surface area (Å²) in [5.41, 5.74) is 3.71. The molecule has 0 aromatic heterocycles. The van der Waals surface area contributed by atoms with Crippen LogP contribution < -0.4 is 16.0 Å². The predicted octanol–water partition coefficient (Wildman–Crippen LogP) is 1.59. The number of halogens is 1. The molecule has 7 heteroatoms. The molecule has 0 radical (unpaired) electrons. The lowest BCUT2D eigenvalue weighted by molar-refractivity contribution is 0.581. The highest BCUT2D eigenvalue weighted by Gasteiger charge is 2.13. The molecule has 0 aliphatic heterocycles. The van der Waals surface area contributed by atoms with Crippen LogP contribution in [0.25, 0.3) is 0 Å². The maximum atomic E-state index is 12.7. The Bertz CT molecular complexity index is 670. The number of hydrogen-bond donors (Lipinski definition) is 3. The number of hydrogen-bond acceptors (Lipinski definition) is 4. The molecule has 0 spiro atoms. The standard InChI is InChI=1S/C13H14FN3O2S/c14-11-3-1-10(2-4-11)9-16-20(18,19)13-7-5-12(17-15)6-8-13/h1-8,16-17H,9,15H2. The lowest BCUT2D eigenvalue weighted by Gasteiger charge is -2.07. The Morgan fingerprint density at radius 1 is 1.00 bits per heavy atom. The zero-order valence-corrected chi connectivity index (χ0v) is 11.3. The summed E-state index contributed by atoms with van der Waals surface area (Å²) >= 11 is 0. The fraction of sp³-hybridized carbons (Fsp3) is 0.0769. The summed E-state index contributed by atoms with van der Waals surface area (Å²) in [6.45, 7) is 0.0967. The van der Waals surface area contributed by atoms with Gasteiger partial charge in [-0.05, 0) is 42.0 Å². The van der Waals surface area contributed by atoms with Crippen molar-refractivity contribution >= 4 is 15.7 Å². The Balaban J connectivity index is 2.08. The molecule has 0 fully saturated rings. The second kappa shape index (κ2) is 6.00. The summed E-state index contributed by atoms with van der Waals surface area (Å²) in [7, 11) is -3.61. The van der Waals surface area contributed by atoms with Gasteiger partial charge in [-0.3, -0.25) is 5.84 Å². The first-order valence-electron chi connectivity index (χ1n) is 5.82. The van der Waals surface area contributed by atoms with Gasteiger partial charge in [0.25, 0.3) is 0 Å². The van der Waals surface area contributed by atoms with E-state index < -0.39 is 10.0 Å². The van der Waals surface area contributed by atoms with Crippen molar-refractivity contribution in [3.63, 3.8) is 0 Å². The van der Waals surface area contributed by atoms with Crippen LogP contribution in [-0.4, -0.2) is 8.42 Å². The Labute approximate surface area is 116 Å². The first kappa shape index (κ1) is 14.4. The van der Waals surface area contributed by atoms with E-state index in [1.807, 2.05) is 0 Å². The molecule has 2 aromatic carbocycles. The number of sulfonamides is 1. The summed E-state index contributed by atoms with van der Waals surface area (Å²) in [5.74, 6) is 4.85. The fourth-order valence-corrected chi connectivity index (χ4v) is 2.61. The molecule has 2 aromatic rings. The highest BCUT2D eigenvalue weighted by atomic mass is 32.2. The van der Waals surface area contributed by atoms with Crippen LogP contribution in [-0.2, 0) is 16.6 Å². The van der Waals surface area contributed by atoms with E-state index in [0.717, 1.165) is 0 Å². The van der Waals surface area contributed by atoms with E-state index in [2.05, 4.69) is 10.1 Å². The molecule has 2 rings (SSSR count). The average molecular weight is 295 g/mol. The zero-order chi connectivity index (χ0) is 14.6. The number of anilines is 1. The molecule has 20 heavy (non-hydrogen) atoms. The Kier molecular flexibility index (Phi) is 4.33. The van der Waals surface area contributed by atoms with Gasteiger partial charge in [0.05, 0.1) is 4.90 Å². The van der Waals surface area contributed by atoms with E-state index in [1.54, 1.807) is 12.1 Å². The van der Waals surface area contributed by atoms with Gasteiger partial charge in [0.1, 0.15) is 5.82 Å². The Morgan fingerprint density at radius 2 is 1.60 bits per heavy atom. The second-order valence-electron chi connectivity index (χ2n) is 4.12. The summed E-state index contributed by atoms with van der Waals surface area (Å²) in [5, 5.41) is 0. The van der Waals surface area contributed by atoms with Crippen molar-refractivity contribution in [1.29, 1.82) is 0 Å². The van der Waals surface area contributed by atoms with E-state index in [4.69, 9.17) is 5.84 Å². The van der Waals surface area contributed by atoms with Crippen LogP contribution >= 0.6 is 0 Å². The third-order valence-corrected chi connectivity index (χ3v) is 4.13. The first-order chi connectivity index (χ1) is 9.51. The van der Waals surface area contributed by atoms with Crippen molar-refractivity contribution in [3.05, 3.63) is 59.9 Å². The lowest BCUT2D eigenvalue weighted by atomic mass is 10.2. The highest BCUT2D eigenvalue weighted by molar-refractivity contribution is 7.89. The molecule has 0 aliphatic carbocycles. The Morgan fingerprint density at radius 3 is 2.15 bits per heavy atom. The third kappa shape index (κ3) is 3.53. The second-order valence-corrected chi connectivity index (χ2v) is 5.89. The SMILES string of the molecule is NNc1ccc(S(=O)(=O)NCc2ccc(F)cc2)cc1. The van der Waals surface area contributed by atoms with Crippen molar-refractivity contribution in [3.8, 4) is 0 Å². The topological polar surface area (TPSA) is 84.2 Å². The molecule has 106 valence electrons. The van der Waals surface area contributed by atoms with Crippen LogP contribution in [0.2, 0.25) is 0 Å². The van der Waals surface area contributed by atoms with Crippen LogP contribution in [0.5, 0.6) is 0 Å². The molecule has 0 aliphatic rings. The zero-order valence-electron chi connectivity index (χ0n) is 10.5. The third-order valence-electron chi connectivity index (χ3n) is 2.71. The molecule has 4 N–H and O–H groups in total. The fourth-order valence-electron chi connectivity index (χ4n) is 1.59. The van der Waals surface area contributed by atoms with E-state index in [1.165, 1.54) is 36.4 Å². The average Bonchev–Trinajstić information content (AvgIpc) is 2.47. The molecule has 0 bridgehead atoms. The monoisotopic (exact) mass is 295 g/mol. The van der Waals surface area contributed by atoms with E-state index in [0.29, 0.717) is 11.3 Å². The van der Waals surface area contributed by atoms with Crippen LogP contribution in [0.15, 0.2) is 53.4 Å². The molecule has 0 saturated heterocycles. The minimum absolute atomic E-state index is 0.0967. The largest absolute Gasteiger partial charge is 0.324 e. The summed E-state index contributed by atoms with van der Waals surface area (Å²) in [4.78, 5) is 0.138. The summed E-state index contributed by atoms with van der Waals surface area (Å²) < 4.78 is 39.3. The van der Waals surface area contributed by atoms with Crippen molar-refractivity contribution in [2.75, 3.05) is 5.43 Å². The molecular formula is C13H14FN3O2S. The van der Waals surface area contributed by atoms with Gasteiger partial charge in [-0.1, -0.05) is 12.1 Å². The van der Waals surface area contributed by atoms with Crippen LogP contribution in [0, 0.1) is 5.82 Å². The van der Waals surface area contributed by atoms with Crippen molar-refractivity contribution in [2.24, 2.45) is 5.84 Å². The molecule has 5 nitrogen and oxygen atoms in total. The van der Waals surface area contributed by atoms with Gasteiger partial charge < -0.3 is 5.43 Å². The smallest absolute Gasteiger partial charge is 0.240 e. The molecular weight excluding hydrogens is 281 g/mol. The van der Waals surface area contributed by atoms with E-state index in [-0.39, 0.29) is 17.3 Å². The summed E-state index contributed by atoms with van der Waals surface area (Å²) in [6.07, 6.45) is 0. The maximum absolute atomic E-state index is 12.7. The minimum Gasteiger partial charge on any atom is -0.324 e. The van der Waals surface area contributed by atoms with Gasteiger partial charge >= 0.3 is 0 Å². The van der Waals surface area contributed by atoms with Crippen LogP contribution in [0.4, 0.5) is 10.1 Å². The Hall–Kier alpha value is -1.96. The van der Waals surface area contributed by atoms with Crippen molar-refractivity contribution < 1.29 is 12.8 Å². The number of nitrogen functional groups attached to an aromatic ring is 1. The van der Waals surface area contributed by atoms with Crippen molar-refractivity contribution in [1.82, 2.24) is 4.72 Å². The van der Waals surface area contributed by atoms with E-state index in [9.17, 15) is 12.8 Å². The van der Waals surface area contributed by atoms with Gasteiger partial charge in [-0.25, -0.2) is 17.5 Å². The van der Waals surface area contributed by atoms with Gasteiger partial charge in [0, 0.05) is 12.2 Å². The lowest BCUT2D eigenvalue weighted by Crippen LogP contribution is -2.23. The summed E-state index contributed by atoms with van der Waals surface area (Å²) in [6, 6.07) is 11.6. The van der Waals surface area contributed by atoms with Crippen LogP contribution in [0.3, 0.4) is 0 Å². The van der Waals surface area contributed by atoms with Gasteiger partial charge in [0.2, 0.25) is 10.0 Å². The predicted molar refractivity (Wildman–Crippen MR) is 74.7 cm³/mol. The first-order valence-corrected chi connectivity index (χ1v) is 7.30. The number of benzene rings is 2. The van der Waals surface area contributed by atoms with Crippen molar-refractivity contribution in [2.45, 2.75) is 11.4 Å².